The van der Waals surface area contributed by atoms with Gasteiger partial charge >= 0.3 is 5.82 Å². The van der Waals surface area contributed by atoms with Gasteiger partial charge in [-0.15, -0.1) is 0 Å². The molecule has 0 unspecified atom stereocenters. The summed E-state index contributed by atoms with van der Waals surface area (Å²) >= 11 is 0. The molecule has 2 N–H and O–H groups in total. The summed E-state index contributed by atoms with van der Waals surface area (Å²) in [5, 5.41) is 13.2. The van der Waals surface area contributed by atoms with Crippen molar-refractivity contribution in [1.82, 2.24) is 24.8 Å². The molecule has 0 saturated heterocycles. The molecule has 0 atom stereocenters. The van der Waals surface area contributed by atoms with Gasteiger partial charge in [-0.25, -0.2) is 4.98 Å². The van der Waals surface area contributed by atoms with Crippen molar-refractivity contribution in [3.05, 3.63) is 40.9 Å². The minimum Gasteiger partial charge on any atom is -0.358 e. The lowest BCUT2D eigenvalue weighted by Crippen LogP contribution is -2.26. The van der Waals surface area contributed by atoms with Gasteiger partial charge in [0.05, 0.1) is 0 Å². The number of nitrogens with zero attached hydrogens (tertiary/aromatic N) is 4. The first-order chi connectivity index (χ1) is 9.65. The van der Waals surface area contributed by atoms with Gasteiger partial charge in [-0.1, -0.05) is 0 Å². The molecule has 0 aliphatic carbocycles. The van der Waals surface area contributed by atoms with E-state index in [-0.39, 0.29) is 18.1 Å². The summed E-state index contributed by atoms with van der Waals surface area (Å²) < 4.78 is 1.52. The van der Waals surface area contributed by atoms with E-state index in [1.54, 1.807) is 12.4 Å². The Hall–Kier alpha value is -2.71. The van der Waals surface area contributed by atoms with Crippen LogP contribution in [-0.2, 0) is 17.8 Å². The van der Waals surface area contributed by atoms with E-state index in [2.05, 4.69) is 20.3 Å². The van der Waals surface area contributed by atoms with E-state index < -0.39 is 4.92 Å². The van der Waals surface area contributed by atoms with Crippen molar-refractivity contribution >= 4 is 11.7 Å². The van der Waals surface area contributed by atoms with E-state index >= 15 is 0 Å². The monoisotopic (exact) mass is 278 g/mol. The average molecular weight is 278 g/mol. The van der Waals surface area contributed by atoms with Crippen molar-refractivity contribution < 1.29 is 9.72 Å². The van der Waals surface area contributed by atoms with Crippen LogP contribution in [0.4, 0.5) is 5.82 Å². The average Bonchev–Trinajstić information content (AvgIpc) is 3.07. The number of rotatable bonds is 7. The molecule has 106 valence electrons. The Morgan fingerprint density at radius 1 is 1.50 bits per heavy atom. The number of amides is 1. The number of nitrogens with one attached hydrogen (secondary N) is 2. The van der Waals surface area contributed by atoms with Gasteiger partial charge in [0.15, 0.2) is 0 Å². The van der Waals surface area contributed by atoms with E-state index in [4.69, 9.17) is 0 Å². The minimum atomic E-state index is -0.570. The Kier molecular flexibility index (Phi) is 4.43. The molecule has 0 saturated carbocycles. The van der Waals surface area contributed by atoms with E-state index in [1.165, 1.54) is 17.1 Å². The van der Waals surface area contributed by atoms with Gasteiger partial charge in [0.25, 0.3) is 0 Å². The normalized spacial score (nSPS) is 10.4. The number of H-pyrrole nitrogens is 1. The van der Waals surface area contributed by atoms with Crippen molar-refractivity contribution in [3.63, 3.8) is 0 Å². The first-order valence-corrected chi connectivity index (χ1v) is 6.06. The molecule has 0 aromatic carbocycles. The molecule has 2 aromatic rings. The Balaban J connectivity index is 1.67. The number of hydrogen-bond donors (Lipinski definition) is 2. The minimum absolute atomic E-state index is 0.118. The molecule has 0 aliphatic heterocycles. The van der Waals surface area contributed by atoms with Crippen molar-refractivity contribution in [1.29, 1.82) is 0 Å². The zero-order valence-electron chi connectivity index (χ0n) is 10.7. The number of aromatic amines is 1. The first kappa shape index (κ1) is 13.7. The molecule has 9 heteroatoms. The predicted octanol–water partition coefficient (Wildman–Crippen LogP) is 0.263. The second-order valence-corrected chi connectivity index (χ2v) is 4.11. The summed E-state index contributed by atoms with van der Waals surface area (Å²) in [7, 11) is 0. The fourth-order valence-electron chi connectivity index (χ4n) is 1.64. The summed E-state index contributed by atoms with van der Waals surface area (Å²) in [4.78, 5) is 32.1. The molecule has 0 aliphatic rings. The molecule has 0 spiro atoms. The molecule has 2 aromatic heterocycles. The van der Waals surface area contributed by atoms with Crippen LogP contribution in [0.2, 0.25) is 0 Å². The number of carbonyl (C=O) groups is 1. The van der Waals surface area contributed by atoms with Gasteiger partial charge in [-0.3, -0.25) is 4.79 Å². The lowest BCUT2D eigenvalue weighted by molar-refractivity contribution is -0.389. The number of aromatic nitrogens is 4. The van der Waals surface area contributed by atoms with Crippen LogP contribution in [0.25, 0.3) is 0 Å². The quantitative estimate of drug-likeness (QED) is 0.556. The van der Waals surface area contributed by atoms with E-state index in [9.17, 15) is 14.9 Å². The molecule has 0 bridgehead atoms. The summed E-state index contributed by atoms with van der Waals surface area (Å²) in [6.45, 7) is 0.851. The SMILES string of the molecule is O=C(CCn1cnc([N+](=O)[O-])c1)NCCc1ncc[nH]1. The maximum atomic E-state index is 11.6. The summed E-state index contributed by atoms with van der Waals surface area (Å²) in [5.41, 5.74) is 0. The second kappa shape index (κ2) is 6.45. The highest BCUT2D eigenvalue weighted by Gasteiger charge is 2.10. The van der Waals surface area contributed by atoms with Crippen LogP contribution in [0, 0.1) is 10.1 Å². The molecule has 9 nitrogen and oxygen atoms in total. The third-order valence-electron chi connectivity index (χ3n) is 2.64. The lowest BCUT2D eigenvalue weighted by atomic mass is 10.3. The van der Waals surface area contributed by atoms with Crippen molar-refractivity contribution in [3.8, 4) is 0 Å². The summed E-state index contributed by atoms with van der Waals surface area (Å²) in [5.74, 6) is 0.478. The van der Waals surface area contributed by atoms with Crippen LogP contribution in [0.1, 0.15) is 12.2 Å². The van der Waals surface area contributed by atoms with Gasteiger partial charge in [0.2, 0.25) is 12.2 Å². The first-order valence-electron chi connectivity index (χ1n) is 6.06. The van der Waals surface area contributed by atoms with Crippen LogP contribution in [0.3, 0.4) is 0 Å². The number of imidazole rings is 2. The zero-order valence-corrected chi connectivity index (χ0v) is 10.7. The molecule has 0 radical (unpaired) electrons. The maximum absolute atomic E-state index is 11.6. The van der Waals surface area contributed by atoms with Crippen LogP contribution in [0.15, 0.2) is 24.9 Å². The highest BCUT2D eigenvalue weighted by Crippen LogP contribution is 2.05. The molecule has 0 fully saturated rings. The van der Waals surface area contributed by atoms with Crippen LogP contribution < -0.4 is 5.32 Å². The van der Waals surface area contributed by atoms with Gasteiger partial charge in [0, 0.05) is 38.3 Å². The molecule has 2 heterocycles. The Morgan fingerprint density at radius 2 is 2.35 bits per heavy atom. The Labute approximate surface area is 114 Å². The third kappa shape index (κ3) is 3.90. The standard InChI is InChI=1S/C11H14N6O3/c18-11(14-3-1-9-12-4-5-13-9)2-6-16-7-10(15-8-16)17(19)20/h4-5,7-8H,1-3,6H2,(H,12,13)(H,14,18). The van der Waals surface area contributed by atoms with Crippen LogP contribution in [-0.4, -0.2) is 36.9 Å². The van der Waals surface area contributed by atoms with Crippen molar-refractivity contribution in [2.75, 3.05) is 6.54 Å². The Bertz CT molecular complexity index is 577. The van der Waals surface area contributed by atoms with Crippen LogP contribution >= 0.6 is 0 Å². The summed E-state index contributed by atoms with van der Waals surface area (Å²) in [6, 6.07) is 0. The second-order valence-electron chi connectivity index (χ2n) is 4.11. The van der Waals surface area contributed by atoms with E-state index in [0.717, 1.165) is 5.82 Å². The predicted molar refractivity (Wildman–Crippen MR) is 68.8 cm³/mol. The van der Waals surface area contributed by atoms with Crippen molar-refractivity contribution in [2.24, 2.45) is 0 Å². The fourth-order valence-corrected chi connectivity index (χ4v) is 1.64. The molecule has 2 rings (SSSR count). The molecule has 20 heavy (non-hydrogen) atoms. The van der Waals surface area contributed by atoms with Gasteiger partial charge in [-0.2, -0.15) is 0 Å². The fraction of sp³-hybridized carbons (Fsp3) is 0.364. The molecular weight excluding hydrogens is 264 g/mol. The largest absolute Gasteiger partial charge is 0.381 e. The van der Waals surface area contributed by atoms with Gasteiger partial charge < -0.3 is 25.0 Å². The lowest BCUT2D eigenvalue weighted by Gasteiger charge is -2.03. The maximum Gasteiger partial charge on any atom is 0.381 e. The van der Waals surface area contributed by atoms with Crippen LogP contribution in [0.5, 0.6) is 0 Å². The highest BCUT2D eigenvalue weighted by molar-refractivity contribution is 5.75. The smallest absolute Gasteiger partial charge is 0.358 e. The zero-order chi connectivity index (χ0) is 14.4. The van der Waals surface area contributed by atoms with E-state index in [1.807, 2.05) is 0 Å². The number of aryl methyl sites for hydroxylation is 1. The van der Waals surface area contributed by atoms with E-state index in [0.29, 0.717) is 19.5 Å². The van der Waals surface area contributed by atoms with Gasteiger partial charge in [0.1, 0.15) is 12.0 Å². The number of nitro groups is 1. The Morgan fingerprint density at radius 3 is 3.00 bits per heavy atom. The number of carbonyl (C=O) groups excluding carboxylic acids is 1. The van der Waals surface area contributed by atoms with Gasteiger partial charge in [-0.05, 0) is 9.91 Å². The topological polar surface area (TPSA) is 119 Å². The summed E-state index contributed by atoms with van der Waals surface area (Å²) in [6.07, 6.45) is 6.90. The third-order valence-corrected chi connectivity index (χ3v) is 2.64. The highest BCUT2D eigenvalue weighted by atomic mass is 16.6. The van der Waals surface area contributed by atoms with Crippen molar-refractivity contribution in [2.45, 2.75) is 19.4 Å². The molecular formula is C11H14N6O3. The number of hydrogen-bond acceptors (Lipinski definition) is 5. The molecule has 1 amide bonds.